The van der Waals surface area contributed by atoms with Gasteiger partial charge in [-0.1, -0.05) is 30.3 Å². The number of hydrogen-bond donors (Lipinski definition) is 3. The highest BCUT2D eigenvalue weighted by atomic mass is 16.3. The van der Waals surface area contributed by atoms with Gasteiger partial charge in [0.15, 0.2) is 0 Å². The Hall–Kier alpha value is -2.28. The summed E-state index contributed by atoms with van der Waals surface area (Å²) in [5.41, 5.74) is 2.44. The lowest BCUT2D eigenvalue weighted by atomic mass is 9.74. The van der Waals surface area contributed by atoms with Gasteiger partial charge < -0.3 is 15.5 Å². The molecule has 2 aromatic rings. The zero-order chi connectivity index (χ0) is 22.6. The van der Waals surface area contributed by atoms with Gasteiger partial charge in [0.25, 0.3) is 5.91 Å². The van der Waals surface area contributed by atoms with Gasteiger partial charge in [0, 0.05) is 43.0 Å². The Kier molecular flexibility index (Phi) is 7.23. The molecule has 2 heterocycles. The van der Waals surface area contributed by atoms with Crippen LogP contribution in [-0.2, 0) is 5.41 Å². The fourth-order valence-electron chi connectivity index (χ4n) is 5.31. The van der Waals surface area contributed by atoms with Gasteiger partial charge in [-0.25, -0.2) is 0 Å². The molecule has 1 amide bonds. The summed E-state index contributed by atoms with van der Waals surface area (Å²) in [6.45, 7) is 4.10. The predicted octanol–water partition coefficient (Wildman–Crippen LogP) is 2.82. The number of rotatable bonds is 5. The van der Waals surface area contributed by atoms with Crippen molar-refractivity contribution in [2.24, 2.45) is 0 Å². The van der Waals surface area contributed by atoms with Crippen LogP contribution in [0.3, 0.4) is 0 Å². The molecular weight excluding hydrogens is 402 g/mol. The smallest absolute Gasteiger partial charge is 0.252 e. The number of amides is 1. The molecule has 1 saturated carbocycles. The molecule has 4 rings (SSSR count). The monoisotopic (exact) mass is 437 g/mol. The van der Waals surface area contributed by atoms with Crippen molar-refractivity contribution < 1.29 is 15.0 Å². The highest BCUT2D eigenvalue weighted by Crippen LogP contribution is 2.39. The van der Waals surface area contributed by atoms with E-state index in [1.807, 2.05) is 37.3 Å². The quantitative estimate of drug-likeness (QED) is 0.627. The number of pyridine rings is 1. The number of aliphatic hydroxyl groups excluding tert-OH is 2. The van der Waals surface area contributed by atoms with E-state index in [-0.39, 0.29) is 23.5 Å². The Morgan fingerprint density at radius 1 is 1.06 bits per heavy atom. The molecular formula is C26H35N3O3. The Morgan fingerprint density at radius 3 is 2.47 bits per heavy atom. The van der Waals surface area contributed by atoms with Crippen LogP contribution in [0.5, 0.6) is 0 Å². The van der Waals surface area contributed by atoms with E-state index in [0.717, 1.165) is 50.9 Å². The van der Waals surface area contributed by atoms with Crippen molar-refractivity contribution in [2.45, 2.75) is 69.1 Å². The Bertz CT molecular complexity index is 881. The number of aryl methyl sites for hydroxylation is 1. The molecule has 6 heteroatoms. The molecule has 1 aromatic carbocycles. The van der Waals surface area contributed by atoms with E-state index < -0.39 is 6.10 Å². The van der Waals surface area contributed by atoms with Gasteiger partial charge in [-0.05, 0) is 63.1 Å². The number of carbonyl (C=O) groups excluding carboxylic acids is 1. The summed E-state index contributed by atoms with van der Waals surface area (Å²) < 4.78 is 0. The van der Waals surface area contributed by atoms with Crippen molar-refractivity contribution in [2.75, 3.05) is 19.6 Å². The van der Waals surface area contributed by atoms with Crippen molar-refractivity contribution in [1.29, 1.82) is 0 Å². The van der Waals surface area contributed by atoms with Gasteiger partial charge >= 0.3 is 0 Å². The third-order valence-corrected chi connectivity index (χ3v) is 7.40. The van der Waals surface area contributed by atoms with Crippen LogP contribution < -0.4 is 5.32 Å². The van der Waals surface area contributed by atoms with Crippen LogP contribution in [-0.4, -0.2) is 63.9 Å². The Morgan fingerprint density at radius 2 is 1.78 bits per heavy atom. The first kappa shape index (κ1) is 22.9. The Balaban J connectivity index is 1.51. The molecule has 1 aromatic heterocycles. The van der Waals surface area contributed by atoms with E-state index in [9.17, 15) is 15.0 Å². The molecule has 1 aliphatic heterocycles. The summed E-state index contributed by atoms with van der Waals surface area (Å²) in [5.74, 6) is -0.112. The first-order chi connectivity index (χ1) is 15.5. The van der Waals surface area contributed by atoms with Crippen molar-refractivity contribution in [3.05, 3.63) is 65.5 Å². The molecule has 3 N–H and O–H groups in total. The second-order valence-corrected chi connectivity index (χ2v) is 9.50. The summed E-state index contributed by atoms with van der Waals surface area (Å²) in [7, 11) is 0. The highest BCUT2D eigenvalue weighted by molar-refractivity contribution is 5.93. The van der Waals surface area contributed by atoms with Crippen LogP contribution in [0.15, 0.2) is 48.7 Å². The van der Waals surface area contributed by atoms with Gasteiger partial charge in [0.1, 0.15) is 0 Å². The van der Waals surface area contributed by atoms with Crippen molar-refractivity contribution in [3.63, 3.8) is 0 Å². The average molecular weight is 438 g/mol. The highest BCUT2D eigenvalue weighted by Gasteiger charge is 2.40. The van der Waals surface area contributed by atoms with Crippen LogP contribution in [0.4, 0.5) is 0 Å². The van der Waals surface area contributed by atoms with Crippen molar-refractivity contribution in [3.8, 4) is 0 Å². The van der Waals surface area contributed by atoms with E-state index in [2.05, 4.69) is 27.3 Å². The van der Waals surface area contributed by atoms with Crippen LogP contribution >= 0.6 is 0 Å². The standard InChI is InChI=1S/C26H35N3O3/c1-19-7-8-20(17-27-19)25(32)28-18-26(21-5-3-2-4-6-21)13-9-23(24(31)10-14-26)29-15-11-22(30)12-16-29/h2-8,17,22-24,30-31H,9-16,18H2,1H3,(H,28,32)/t23-,24-,26-/m0/s1. The summed E-state index contributed by atoms with van der Waals surface area (Å²) >= 11 is 0. The van der Waals surface area contributed by atoms with Crippen molar-refractivity contribution >= 4 is 5.91 Å². The average Bonchev–Trinajstić information content (AvgIpc) is 2.99. The Labute approximate surface area is 190 Å². The van der Waals surface area contributed by atoms with Crippen molar-refractivity contribution in [1.82, 2.24) is 15.2 Å². The maximum absolute atomic E-state index is 12.8. The molecule has 0 unspecified atom stereocenters. The lowest BCUT2D eigenvalue weighted by Gasteiger charge is -2.38. The molecule has 2 fully saturated rings. The van der Waals surface area contributed by atoms with Gasteiger partial charge in [0.05, 0.1) is 17.8 Å². The van der Waals surface area contributed by atoms with Gasteiger partial charge in [-0.3, -0.25) is 14.7 Å². The molecule has 3 atom stereocenters. The van der Waals surface area contributed by atoms with Crippen LogP contribution in [0.25, 0.3) is 0 Å². The van der Waals surface area contributed by atoms with E-state index in [1.54, 1.807) is 6.20 Å². The van der Waals surface area contributed by atoms with E-state index in [0.29, 0.717) is 18.5 Å². The number of nitrogens with zero attached hydrogens (tertiary/aromatic N) is 2. The zero-order valence-electron chi connectivity index (χ0n) is 18.9. The molecule has 0 spiro atoms. The minimum absolute atomic E-state index is 0.102. The first-order valence-electron chi connectivity index (χ1n) is 11.8. The van der Waals surface area contributed by atoms with Gasteiger partial charge in [0.2, 0.25) is 0 Å². The molecule has 1 saturated heterocycles. The fraction of sp³-hybridized carbons (Fsp3) is 0.538. The van der Waals surface area contributed by atoms with Crippen LogP contribution in [0, 0.1) is 6.92 Å². The largest absolute Gasteiger partial charge is 0.393 e. The third-order valence-electron chi connectivity index (χ3n) is 7.40. The second-order valence-electron chi connectivity index (χ2n) is 9.50. The maximum Gasteiger partial charge on any atom is 0.252 e. The van der Waals surface area contributed by atoms with E-state index >= 15 is 0 Å². The van der Waals surface area contributed by atoms with Crippen LogP contribution in [0.1, 0.15) is 60.1 Å². The van der Waals surface area contributed by atoms with E-state index in [1.165, 1.54) is 5.56 Å². The lowest BCUT2D eigenvalue weighted by molar-refractivity contribution is 0.00482. The number of nitrogens with one attached hydrogen (secondary N) is 1. The molecule has 2 aliphatic rings. The van der Waals surface area contributed by atoms with Gasteiger partial charge in [-0.2, -0.15) is 0 Å². The molecule has 1 aliphatic carbocycles. The van der Waals surface area contributed by atoms with Crippen LogP contribution in [0.2, 0.25) is 0 Å². The van der Waals surface area contributed by atoms with Gasteiger partial charge in [-0.15, -0.1) is 0 Å². The molecule has 0 radical (unpaired) electrons. The minimum Gasteiger partial charge on any atom is -0.393 e. The summed E-state index contributed by atoms with van der Waals surface area (Å²) in [6.07, 6.45) is 5.83. The number of hydrogen-bond acceptors (Lipinski definition) is 5. The topological polar surface area (TPSA) is 85.7 Å². The summed E-state index contributed by atoms with van der Waals surface area (Å²) in [6, 6.07) is 14.2. The first-order valence-corrected chi connectivity index (χ1v) is 11.8. The number of aromatic nitrogens is 1. The number of aliphatic hydroxyl groups is 2. The molecule has 172 valence electrons. The minimum atomic E-state index is -0.396. The number of likely N-dealkylation sites (tertiary alicyclic amines) is 1. The SMILES string of the molecule is Cc1ccc(C(=O)NC[C@@]2(c3ccccc3)CC[C@H](O)[C@@H](N3CCC(O)CC3)CC2)cn1. The number of piperidine rings is 1. The molecule has 32 heavy (non-hydrogen) atoms. The fourth-order valence-corrected chi connectivity index (χ4v) is 5.31. The zero-order valence-corrected chi connectivity index (χ0v) is 18.9. The summed E-state index contributed by atoms with van der Waals surface area (Å²) in [5, 5.41) is 24.1. The normalized spacial score (nSPS) is 27.6. The second kappa shape index (κ2) is 10.1. The molecule has 0 bridgehead atoms. The lowest BCUT2D eigenvalue weighted by Crippen LogP contribution is -2.48. The predicted molar refractivity (Wildman–Crippen MR) is 125 cm³/mol. The van der Waals surface area contributed by atoms with E-state index in [4.69, 9.17) is 0 Å². The maximum atomic E-state index is 12.8. The molecule has 6 nitrogen and oxygen atoms in total. The third kappa shape index (κ3) is 5.20. The number of benzene rings is 1. The number of carbonyl (C=O) groups is 1. The summed E-state index contributed by atoms with van der Waals surface area (Å²) in [4.78, 5) is 19.4.